The molecule has 0 saturated carbocycles. The van der Waals surface area contributed by atoms with E-state index in [0.717, 1.165) is 0 Å². The zero-order chi connectivity index (χ0) is 18.2. The number of amides is 2. The summed E-state index contributed by atoms with van der Waals surface area (Å²) in [6.07, 6.45) is 4.12. The third-order valence-corrected chi connectivity index (χ3v) is 4.08. The number of anilines is 1. The molecule has 0 spiro atoms. The van der Waals surface area contributed by atoms with E-state index >= 15 is 0 Å². The van der Waals surface area contributed by atoms with E-state index in [2.05, 4.69) is 20.2 Å². The Bertz CT molecular complexity index is 690. The fourth-order valence-electron chi connectivity index (χ4n) is 2.66. The number of carbonyl (C=O) groups is 1. The number of piperazine rings is 1. The van der Waals surface area contributed by atoms with Gasteiger partial charge < -0.3 is 19.9 Å². The molecule has 0 bridgehead atoms. The first-order valence-electron chi connectivity index (χ1n) is 8.65. The van der Waals surface area contributed by atoms with Crippen molar-refractivity contribution < 1.29 is 13.9 Å². The maximum absolute atomic E-state index is 12.8. The molecule has 7 nitrogen and oxygen atoms in total. The summed E-state index contributed by atoms with van der Waals surface area (Å²) in [6, 6.07) is 7.61. The zero-order valence-electron chi connectivity index (χ0n) is 14.5. The van der Waals surface area contributed by atoms with Crippen LogP contribution in [-0.2, 0) is 0 Å². The Morgan fingerprint density at radius 3 is 2.50 bits per heavy atom. The Balaban J connectivity index is 1.31. The Kier molecular flexibility index (Phi) is 6.19. The first-order chi connectivity index (χ1) is 12.7. The second-order valence-electron chi connectivity index (χ2n) is 5.91. The van der Waals surface area contributed by atoms with E-state index in [-0.39, 0.29) is 11.8 Å². The van der Waals surface area contributed by atoms with Gasteiger partial charge in [-0.1, -0.05) is 0 Å². The molecular weight excluding hydrogens is 337 g/mol. The summed E-state index contributed by atoms with van der Waals surface area (Å²) in [7, 11) is 0. The minimum atomic E-state index is -0.288. The van der Waals surface area contributed by atoms with E-state index in [1.165, 1.54) is 12.1 Å². The SMILES string of the molecule is O=C(NCCCOc1ccc(F)cc1)N1CCN(c2ncccn2)CC1. The van der Waals surface area contributed by atoms with E-state index in [9.17, 15) is 9.18 Å². The van der Waals surface area contributed by atoms with Crippen molar-refractivity contribution in [2.75, 3.05) is 44.2 Å². The Morgan fingerprint density at radius 1 is 1.12 bits per heavy atom. The largest absolute Gasteiger partial charge is 0.494 e. The molecule has 2 amide bonds. The zero-order valence-corrected chi connectivity index (χ0v) is 14.5. The lowest BCUT2D eigenvalue weighted by atomic mass is 10.3. The molecule has 0 atom stereocenters. The second kappa shape index (κ2) is 8.98. The third kappa shape index (κ3) is 5.05. The topological polar surface area (TPSA) is 70.6 Å². The molecule has 0 radical (unpaired) electrons. The molecule has 1 saturated heterocycles. The van der Waals surface area contributed by atoms with Gasteiger partial charge in [0, 0.05) is 45.1 Å². The van der Waals surface area contributed by atoms with Gasteiger partial charge in [0.2, 0.25) is 5.95 Å². The average molecular weight is 359 g/mol. The maximum Gasteiger partial charge on any atom is 0.317 e. The number of aromatic nitrogens is 2. The van der Waals surface area contributed by atoms with Gasteiger partial charge in [-0.15, -0.1) is 0 Å². The minimum Gasteiger partial charge on any atom is -0.494 e. The molecule has 1 N–H and O–H groups in total. The highest BCUT2D eigenvalue weighted by atomic mass is 19.1. The van der Waals surface area contributed by atoms with Crippen molar-refractivity contribution in [1.29, 1.82) is 0 Å². The van der Waals surface area contributed by atoms with Gasteiger partial charge in [0.1, 0.15) is 11.6 Å². The van der Waals surface area contributed by atoms with Gasteiger partial charge in [0.05, 0.1) is 6.61 Å². The number of benzene rings is 1. The van der Waals surface area contributed by atoms with Crippen molar-refractivity contribution in [3.05, 3.63) is 48.5 Å². The molecule has 26 heavy (non-hydrogen) atoms. The normalized spacial score (nSPS) is 14.2. The van der Waals surface area contributed by atoms with Crippen LogP contribution in [0.5, 0.6) is 5.75 Å². The highest BCUT2D eigenvalue weighted by molar-refractivity contribution is 5.74. The molecule has 1 aliphatic rings. The van der Waals surface area contributed by atoms with Gasteiger partial charge in [-0.3, -0.25) is 0 Å². The minimum absolute atomic E-state index is 0.0691. The molecule has 1 aromatic heterocycles. The lowest BCUT2D eigenvalue weighted by Gasteiger charge is -2.34. The Morgan fingerprint density at radius 2 is 1.81 bits per heavy atom. The molecule has 0 unspecified atom stereocenters. The maximum atomic E-state index is 12.8. The average Bonchev–Trinajstić information content (AvgIpc) is 2.70. The molecule has 8 heteroatoms. The predicted octanol–water partition coefficient (Wildman–Crippen LogP) is 1.92. The third-order valence-electron chi connectivity index (χ3n) is 4.08. The van der Waals surface area contributed by atoms with Crippen LogP contribution in [-0.4, -0.2) is 60.2 Å². The van der Waals surface area contributed by atoms with Crippen molar-refractivity contribution in [1.82, 2.24) is 20.2 Å². The van der Waals surface area contributed by atoms with Gasteiger partial charge in [-0.05, 0) is 36.8 Å². The van der Waals surface area contributed by atoms with Crippen LogP contribution in [0.15, 0.2) is 42.7 Å². The van der Waals surface area contributed by atoms with Crippen molar-refractivity contribution >= 4 is 12.0 Å². The van der Waals surface area contributed by atoms with Crippen LogP contribution >= 0.6 is 0 Å². The van der Waals surface area contributed by atoms with Gasteiger partial charge >= 0.3 is 6.03 Å². The fraction of sp³-hybridized carbons (Fsp3) is 0.389. The first kappa shape index (κ1) is 17.9. The number of nitrogens with one attached hydrogen (secondary N) is 1. The van der Waals surface area contributed by atoms with Crippen LogP contribution in [0.1, 0.15) is 6.42 Å². The summed E-state index contributed by atoms with van der Waals surface area (Å²) >= 11 is 0. The molecular formula is C18H22FN5O2. The van der Waals surface area contributed by atoms with Crippen LogP contribution < -0.4 is 15.0 Å². The van der Waals surface area contributed by atoms with Gasteiger partial charge in [-0.2, -0.15) is 0 Å². The van der Waals surface area contributed by atoms with Gasteiger partial charge in [0.15, 0.2) is 0 Å². The molecule has 2 aromatic rings. The van der Waals surface area contributed by atoms with Crippen LogP contribution in [0.3, 0.4) is 0 Å². The first-order valence-corrected chi connectivity index (χ1v) is 8.65. The van der Waals surface area contributed by atoms with Gasteiger partial charge in [0.25, 0.3) is 0 Å². The predicted molar refractivity (Wildman–Crippen MR) is 95.7 cm³/mol. The summed E-state index contributed by atoms with van der Waals surface area (Å²) < 4.78 is 18.3. The highest BCUT2D eigenvalue weighted by Gasteiger charge is 2.21. The number of hydrogen-bond donors (Lipinski definition) is 1. The van der Waals surface area contributed by atoms with Crippen LogP contribution in [0, 0.1) is 5.82 Å². The number of carbonyl (C=O) groups excluding carboxylic acids is 1. The smallest absolute Gasteiger partial charge is 0.317 e. The molecule has 1 fully saturated rings. The van der Waals surface area contributed by atoms with E-state index in [4.69, 9.17) is 4.74 Å². The van der Waals surface area contributed by atoms with E-state index in [1.807, 2.05) is 0 Å². The summed E-state index contributed by atoms with van der Waals surface area (Å²) in [5, 5.41) is 2.90. The summed E-state index contributed by atoms with van der Waals surface area (Å²) in [6.45, 7) is 3.69. The van der Waals surface area contributed by atoms with Crippen LogP contribution in [0.25, 0.3) is 0 Å². The van der Waals surface area contributed by atoms with Crippen molar-refractivity contribution in [2.24, 2.45) is 0 Å². The van der Waals surface area contributed by atoms with Crippen LogP contribution in [0.2, 0.25) is 0 Å². The summed E-state index contributed by atoms with van der Waals surface area (Å²) in [5.41, 5.74) is 0. The van der Waals surface area contributed by atoms with Gasteiger partial charge in [-0.25, -0.2) is 19.2 Å². The monoisotopic (exact) mass is 359 g/mol. The number of rotatable bonds is 6. The Hall–Kier alpha value is -2.90. The van der Waals surface area contributed by atoms with Crippen LogP contribution in [0.4, 0.5) is 15.1 Å². The molecule has 138 valence electrons. The van der Waals surface area contributed by atoms with E-state index in [1.54, 1.807) is 35.5 Å². The Labute approximate surface area is 151 Å². The molecule has 1 aromatic carbocycles. The summed E-state index contributed by atoms with van der Waals surface area (Å²) in [5.74, 6) is 1.03. The number of halogens is 1. The van der Waals surface area contributed by atoms with Crippen molar-refractivity contribution in [2.45, 2.75) is 6.42 Å². The molecule has 2 heterocycles. The number of urea groups is 1. The number of nitrogens with zero attached hydrogens (tertiary/aromatic N) is 4. The van der Waals surface area contributed by atoms with Crippen molar-refractivity contribution in [3.63, 3.8) is 0 Å². The van der Waals surface area contributed by atoms with E-state index in [0.29, 0.717) is 57.4 Å². The second-order valence-corrected chi connectivity index (χ2v) is 5.91. The summed E-state index contributed by atoms with van der Waals surface area (Å²) in [4.78, 5) is 24.5. The lowest BCUT2D eigenvalue weighted by molar-refractivity contribution is 0.193. The molecule has 0 aliphatic carbocycles. The lowest BCUT2D eigenvalue weighted by Crippen LogP contribution is -2.52. The van der Waals surface area contributed by atoms with Crippen molar-refractivity contribution in [3.8, 4) is 5.75 Å². The molecule has 3 rings (SSSR count). The fourth-order valence-corrected chi connectivity index (χ4v) is 2.66. The number of ether oxygens (including phenoxy) is 1. The number of hydrogen-bond acceptors (Lipinski definition) is 5. The quantitative estimate of drug-likeness (QED) is 0.798. The standard InChI is InChI=1S/C18H22FN5O2/c19-15-3-5-16(6-4-15)26-14-2-9-22-18(25)24-12-10-23(11-13-24)17-20-7-1-8-21-17/h1,3-8H,2,9-14H2,(H,22,25). The van der Waals surface area contributed by atoms with E-state index < -0.39 is 0 Å². The highest BCUT2D eigenvalue weighted by Crippen LogP contribution is 2.11. The molecule has 1 aliphatic heterocycles.